The van der Waals surface area contributed by atoms with Crippen molar-refractivity contribution in [1.82, 2.24) is 10.2 Å². The zero-order valence-corrected chi connectivity index (χ0v) is 14.5. The Labute approximate surface area is 142 Å². The highest BCUT2D eigenvalue weighted by molar-refractivity contribution is 6.31. The Hall–Kier alpha value is -1.75. The third kappa shape index (κ3) is 4.61. The number of amides is 2. The maximum Gasteiger partial charge on any atom is 0.232 e. The third-order valence-electron chi connectivity index (χ3n) is 4.11. The minimum absolute atomic E-state index is 0.0654. The van der Waals surface area contributed by atoms with Crippen molar-refractivity contribution in [2.75, 3.05) is 37.6 Å². The second-order valence-electron chi connectivity index (χ2n) is 5.74. The molecule has 1 heterocycles. The normalized spacial score (nSPS) is 15.3. The van der Waals surface area contributed by atoms with Gasteiger partial charge in [0.15, 0.2) is 0 Å². The first-order valence-corrected chi connectivity index (χ1v) is 8.45. The van der Waals surface area contributed by atoms with Gasteiger partial charge in [0.1, 0.15) is 6.42 Å². The van der Waals surface area contributed by atoms with Crippen molar-refractivity contribution in [3.8, 4) is 0 Å². The molecule has 6 heteroatoms. The van der Waals surface area contributed by atoms with Gasteiger partial charge in [0, 0.05) is 43.4 Å². The lowest BCUT2D eigenvalue weighted by Gasteiger charge is -2.25. The Morgan fingerprint density at radius 1 is 1.22 bits per heavy atom. The van der Waals surface area contributed by atoms with E-state index >= 15 is 0 Å². The highest BCUT2D eigenvalue weighted by Gasteiger charge is 2.21. The zero-order chi connectivity index (χ0) is 16.8. The van der Waals surface area contributed by atoms with Crippen LogP contribution < -0.4 is 10.2 Å². The van der Waals surface area contributed by atoms with Crippen molar-refractivity contribution in [2.45, 2.75) is 26.7 Å². The average Bonchev–Trinajstić information content (AvgIpc) is 2.76. The molecule has 1 aromatic rings. The smallest absolute Gasteiger partial charge is 0.232 e. The van der Waals surface area contributed by atoms with Crippen molar-refractivity contribution < 1.29 is 9.59 Å². The SMILES string of the molecule is CCNC(=O)CC(=O)N1CCCN(c2cccc(Cl)c2C)CC1. The van der Waals surface area contributed by atoms with E-state index in [2.05, 4.69) is 16.3 Å². The predicted octanol–water partition coefficient (Wildman–Crippen LogP) is 2.21. The number of carbonyl (C=O) groups excluding carboxylic acids is 2. The third-order valence-corrected chi connectivity index (χ3v) is 4.52. The first-order chi connectivity index (χ1) is 11.0. The molecule has 126 valence electrons. The Morgan fingerprint density at radius 3 is 2.74 bits per heavy atom. The van der Waals surface area contributed by atoms with Crippen LogP contribution in [0.3, 0.4) is 0 Å². The lowest BCUT2D eigenvalue weighted by atomic mass is 10.1. The number of anilines is 1. The molecular weight excluding hydrogens is 314 g/mol. The van der Waals surface area contributed by atoms with Crippen LogP contribution in [0.15, 0.2) is 18.2 Å². The summed E-state index contributed by atoms with van der Waals surface area (Å²) in [6.07, 6.45) is 0.817. The van der Waals surface area contributed by atoms with Gasteiger partial charge in [0.05, 0.1) is 0 Å². The maximum absolute atomic E-state index is 12.2. The number of nitrogens with one attached hydrogen (secondary N) is 1. The summed E-state index contributed by atoms with van der Waals surface area (Å²) in [5.41, 5.74) is 2.19. The van der Waals surface area contributed by atoms with Crippen LogP contribution in [-0.4, -0.2) is 49.4 Å². The fourth-order valence-electron chi connectivity index (χ4n) is 2.86. The van der Waals surface area contributed by atoms with Crippen LogP contribution >= 0.6 is 11.6 Å². The number of carbonyl (C=O) groups is 2. The van der Waals surface area contributed by atoms with Crippen molar-refractivity contribution in [3.05, 3.63) is 28.8 Å². The molecule has 0 atom stereocenters. The Morgan fingerprint density at radius 2 is 2.00 bits per heavy atom. The Balaban J connectivity index is 1.98. The molecule has 0 saturated carbocycles. The number of benzene rings is 1. The van der Waals surface area contributed by atoms with Crippen LogP contribution in [0.4, 0.5) is 5.69 Å². The molecule has 1 saturated heterocycles. The molecule has 2 amide bonds. The van der Waals surface area contributed by atoms with Gasteiger partial charge in [-0.3, -0.25) is 9.59 Å². The molecule has 5 nitrogen and oxygen atoms in total. The summed E-state index contributed by atoms with van der Waals surface area (Å²) in [7, 11) is 0. The fraction of sp³-hybridized carbons (Fsp3) is 0.529. The number of nitrogens with zero attached hydrogens (tertiary/aromatic N) is 2. The van der Waals surface area contributed by atoms with Crippen LogP contribution in [-0.2, 0) is 9.59 Å². The lowest BCUT2D eigenvalue weighted by molar-refractivity contribution is -0.135. The average molecular weight is 338 g/mol. The summed E-state index contributed by atoms with van der Waals surface area (Å²) in [5.74, 6) is -0.301. The molecule has 0 radical (unpaired) electrons. The minimum atomic E-state index is -0.204. The van der Waals surface area contributed by atoms with Gasteiger partial charge in [-0.05, 0) is 38.0 Å². The summed E-state index contributed by atoms with van der Waals surface area (Å²) in [4.78, 5) is 27.8. The van der Waals surface area contributed by atoms with E-state index in [1.165, 1.54) is 0 Å². The molecule has 1 fully saturated rings. The van der Waals surface area contributed by atoms with E-state index in [1.54, 1.807) is 4.90 Å². The Bertz CT molecular complexity index is 577. The first-order valence-electron chi connectivity index (χ1n) is 8.07. The molecule has 0 aromatic heterocycles. The highest BCUT2D eigenvalue weighted by Crippen LogP contribution is 2.27. The van der Waals surface area contributed by atoms with Crippen LogP contribution in [0.25, 0.3) is 0 Å². The van der Waals surface area contributed by atoms with E-state index in [-0.39, 0.29) is 18.2 Å². The topological polar surface area (TPSA) is 52.7 Å². The van der Waals surface area contributed by atoms with E-state index in [9.17, 15) is 9.59 Å². The molecule has 0 bridgehead atoms. The number of hydrogen-bond acceptors (Lipinski definition) is 3. The molecule has 23 heavy (non-hydrogen) atoms. The van der Waals surface area contributed by atoms with Crippen molar-refractivity contribution in [1.29, 1.82) is 0 Å². The molecule has 1 aromatic carbocycles. The fourth-order valence-corrected chi connectivity index (χ4v) is 3.02. The van der Waals surface area contributed by atoms with E-state index in [4.69, 9.17) is 11.6 Å². The lowest BCUT2D eigenvalue weighted by Crippen LogP contribution is -2.38. The van der Waals surface area contributed by atoms with Gasteiger partial charge in [0.2, 0.25) is 11.8 Å². The van der Waals surface area contributed by atoms with E-state index in [1.807, 2.05) is 26.0 Å². The van der Waals surface area contributed by atoms with Crippen LogP contribution in [0.1, 0.15) is 25.3 Å². The summed E-state index contributed by atoms with van der Waals surface area (Å²) >= 11 is 6.20. The van der Waals surface area contributed by atoms with Gasteiger partial charge in [-0.15, -0.1) is 0 Å². The molecule has 1 N–H and O–H groups in total. The molecule has 0 aliphatic carbocycles. The molecule has 2 rings (SSSR count). The summed E-state index contributed by atoms with van der Waals surface area (Å²) < 4.78 is 0. The molecular formula is C17H24ClN3O2. The molecule has 1 aliphatic heterocycles. The quantitative estimate of drug-likeness (QED) is 0.857. The van der Waals surface area contributed by atoms with Crippen LogP contribution in [0.5, 0.6) is 0 Å². The Kier molecular flexibility index (Phi) is 6.28. The van der Waals surface area contributed by atoms with E-state index in [0.29, 0.717) is 19.6 Å². The second kappa shape index (κ2) is 8.20. The van der Waals surface area contributed by atoms with Crippen LogP contribution in [0, 0.1) is 6.92 Å². The van der Waals surface area contributed by atoms with Gasteiger partial charge in [0.25, 0.3) is 0 Å². The molecule has 0 unspecified atom stereocenters. The van der Waals surface area contributed by atoms with Crippen molar-refractivity contribution >= 4 is 29.1 Å². The number of rotatable bonds is 4. The van der Waals surface area contributed by atoms with Crippen molar-refractivity contribution in [3.63, 3.8) is 0 Å². The molecule has 0 spiro atoms. The monoisotopic (exact) mass is 337 g/mol. The largest absolute Gasteiger partial charge is 0.369 e. The van der Waals surface area contributed by atoms with Gasteiger partial charge in [-0.2, -0.15) is 0 Å². The van der Waals surface area contributed by atoms with E-state index in [0.717, 1.165) is 35.8 Å². The standard InChI is InChI=1S/C17H24ClN3O2/c1-3-19-16(22)12-17(23)21-9-5-8-20(10-11-21)15-7-4-6-14(18)13(15)2/h4,6-7H,3,5,8-12H2,1-2H3,(H,19,22). The van der Waals surface area contributed by atoms with Gasteiger partial charge >= 0.3 is 0 Å². The molecule has 1 aliphatic rings. The zero-order valence-electron chi connectivity index (χ0n) is 13.8. The summed E-state index contributed by atoms with van der Waals surface area (Å²) in [6.45, 7) is 7.36. The van der Waals surface area contributed by atoms with Gasteiger partial charge in [-0.25, -0.2) is 0 Å². The first kappa shape index (κ1) is 17.6. The van der Waals surface area contributed by atoms with Crippen LogP contribution in [0.2, 0.25) is 5.02 Å². The number of halogens is 1. The van der Waals surface area contributed by atoms with Gasteiger partial charge in [-0.1, -0.05) is 17.7 Å². The van der Waals surface area contributed by atoms with E-state index < -0.39 is 0 Å². The number of hydrogen-bond donors (Lipinski definition) is 1. The van der Waals surface area contributed by atoms with Gasteiger partial charge < -0.3 is 15.1 Å². The maximum atomic E-state index is 12.2. The minimum Gasteiger partial charge on any atom is -0.369 e. The predicted molar refractivity (Wildman–Crippen MR) is 92.9 cm³/mol. The summed E-state index contributed by atoms with van der Waals surface area (Å²) in [6, 6.07) is 5.90. The highest BCUT2D eigenvalue weighted by atomic mass is 35.5. The van der Waals surface area contributed by atoms with Crippen molar-refractivity contribution in [2.24, 2.45) is 0 Å². The second-order valence-corrected chi connectivity index (χ2v) is 6.14. The summed E-state index contributed by atoms with van der Waals surface area (Å²) in [5, 5.41) is 3.43.